The van der Waals surface area contributed by atoms with Gasteiger partial charge < -0.3 is 24.7 Å². The zero-order chi connectivity index (χ0) is 27.5. The quantitative estimate of drug-likeness (QED) is 0.216. The van der Waals surface area contributed by atoms with E-state index in [1.54, 1.807) is 6.33 Å². The molecule has 1 atom stereocenters. The van der Waals surface area contributed by atoms with Crippen LogP contribution in [-0.4, -0.2) is 61.2 Å². The van der Waals surface area contributed by atoms with Crippen molar-refractivity contribution in [2.75, 3.05) is 40.4 Å². The number of ether oxygens (including phenoxy) is 2. The number of imidazole rings is 1. The second kappa shape index (κ2) is 19.9. The zero-order valence-corrected chi connectivity index (χ0v) is 25.0. The fourth-order valence-corrected chi connectivity index (χ4v) is 4.66. The van der Waals surface area contributed by atoms with Gasteiger partial charge in [-0.1, -0.05) is 36.4 Å². The van der Waals surface area contributed by atoms with Crippen molar-refractivity contribution in [1.82, 2.24) is 20.2 Å². The molecule has 0 radical (unpaired) electrons. The number of aryl methyl sites for hydroxylation is 1. The van der Waals surface area contributed by atoms with Crippen LogP contribution in [0.5, 0.6) is 11.5 Å². The van der Waals surface area contributed by atoms with Crippen LogP contribution in [0.3, 0.4) is 0 Å². The van der Waals surface area contributed by atoms with Crippen molar-refractivity contribution in [3.8, 4) is 11.5 Å². The molecule has 2 N–H and O–H groups in total. The van der Waals surface area contributed by atoms with Gasteiger partial charge in [-0.2, -0.15) is 0 Å². The Balaban J connectivity index is 0.000000320. The number of nitrogens with one attached hydrogen (secondary N) is 2. The van der Waals surface area contributed by atoms with Crippen LogP contribution in [-0.2, 0) is 17.6 Å². The Kier molecular flexibility index (Phi) is 16.5. The van der Waals surface area contributed by atoms with E-state index in [9.17, 15) is 4.79 Å². The summed E-state index contributed by atoms with van der Waals surface area (Å²) in [6.45, 7) is 3.47. The molecule has 0 spiro atoms. The molecule has 1 amide bonds. The highest BCUT2D eigenvalue weighted by Gasteiger charge is 2.28. The van der Waals surface area contributed by atoms with Crippen molar-refractivity contribution in [3.05, 3.63) is 78.4 Å². The van der Waals surface area contributed by atoms with Crippen LogP contribution in [0.15, 0.2) is 67.0 Å². The van der Waals surface area contributed by atoms with E-state index < -0.39 is 0 Å². The summed E-state index contributed by atoms with van der Waals surface area (Å²) in [4.78, 5) is 22.0. The lowest BCUT2D eigenvalue weighted by molar-refractivity contribution is -0.134. The van der Waals surface area contributed by atoms with Crippen LogP contribution >= 0.6 is 12.4 Å². The molecule has 8 heteroatoms. The van der Waals surface area contributed by atoms with Gasteiger partial charge >= 0.3 is 0 Å². The number of nitrogens with zero attached hydrogens (tertiary/aromatic N) is 2. The summed E-state index contributed by atoms with van der Waals surface area (Å²) in [5, 5.41) is 3.14. The number of unbranched alkanes of at least 4 members (excludes halogenated alkanes) is 4. The first-order chi connectivity index (χ1) is 19.2. The number of halogens is 1. The molecule has 220 valence electrons. The highest BCUT2D eigenvalue weighted by atomic mass is 35.5. The third-order valence-corrected chi connectivity index (χ3v) is 6.95. The topological polar surface area (TPSA) is 79.5 Å². The number of H-pyrrole nitrogens is 1. The Hall–Kier alpha value is -3.03. The van der Waals surface area contributed by atoms with E-state index in [-0.39, 0.29) is 24.2 Å². The minimum absolute atomic E-state index is 0. The standard InChI is InChI=1S/C20H27N3O2.C12H19NO.ClH/c1-23(12-6-3-7-13-25-17-8-4-2-5-9-17)20(24)16-10-11-18-19(14-16)22-15-21-18;1-13-10-6-3-7-11-14-12-8-4-2-5-9-12;/h2,4-5,8-9,15-16H,3,6-7,10-14H2,1H3,(H,21,22);2,4-5,8-9,13H,3,6-7,10-11H2,1H3;1H. The smallest absolute Gasteiger partial charge is 0.225 e. The minimum atomic E-state index is 0. The van der Waals surface area contributed by atoms with E-state index in [4.69, 9.17) is 9.47 Å². The number of carbonyl (C=O) groups is 1. The molecule has 7 nitrogen and oxygen atoms in total. The average Bonchev–Trinajstić information content (AvgIpc) is 3.46. The maximum absolute atomic E-state index is 12.6. The molecule has 0 saturated heterocycles. The van der Waals surface area contributed by atoms with E-state index in [1.807, 2.05) is 79.7 Å². The van der Waals surface area contributed by atoms with Crippen molar-refractivity contribution in [2.45, 2.75) is 57.8 Å². The Morgan fingerprint density at radius 2 is 1.52 bits per heavy atom. The van der Waals surface area contributed by atoms with Crippen LogP contribution in [0.1, 0.15) is 56.3 Å². The average molecular weight is 571 g/mol. The number of carbonyl (C=O) groups excluding carboxylic acids is 1. The summed E-state index contributed by atoms with van der Waals surface area (Å²) in [5.74, 6) is 2.26. The molecule has 3 aromatic rings. The van der Waals surface area contributed by atoms with Crippen molar-refractivity contribution in [1.29, 1.82) is 0 Å². The predicted molar refractivity (Wildman–Crippen MR) is 164 cm³/mol. The molecular formula is C32H47ClN4O3. The summed E-state index contributed by atoms with van der Waals surface area (Å²) in [6.07, 6.45) is 11.0. The van der Waals surface area contributed by atoms with Gasteiger partial charge in [0.05, 0.1) is 25.2 Å². The number of aromatic nitrogens is 2. The minimum Gasteiger partial charge on any atom is -0.494 e. The summed E-state index contributed by atoms with van der Waals surface area (Å²) in [6, 6.07) is 19.9. The van der Waals surface area contributed by atoms with Gasteiger partial charge in [0.1, 0.15) is 11.5 Å². The summed E-state index contributed by atoms with van der Waals surface area (Å²) in [5.41, 5.74) is 2.26. The van der Waals surface area contributed by atoms with Gasteiger partial charge in [-0.15, -0.1) is 12.4 Å². The Labute approximate surface area is 246 Å². The van der Waals surface area contributed by atoms with Crippen molar-refractivity contribution >= 4 is 18.3 Å². The van der Waals surface area contributed by atoms with Crippen LogP contribution in [0.4, 0.5) is 0 Å². The number of rotatable bonds is 15. The Morgan fingerprint density at radius 3 is 2.12 bits per heavy atom. The first-order valence-corrected chi connectivity index (χ1v) is 14.4. The fraction of sp³-hybridized carbons (Fsp3) is 0.500. The third-order valence-electron chi connectivity index (χ3n) is 6.95. The van der Waals surface area contributed by atoms with Crippen molar-refractivity contribution in [2.24, 2.45) is 5.92 Å². The van der Waals surface area contributed by atoms with Gasteiger partial charge in [0.15, 0.2) is 0 Å². The van der Waals surface area contributed by atoms with E-state index >= 15 is 0 Å². The number of hydrogen-bond acceptors (Lipinski definition) is 5. The molecule has 1 unspecified atom stereocenters. The molecule has 0 fully saturated rings. The van der Waals surface area contributed by atoms with E-state index in [1.165, 1.54) is 12.8 Å². The van der Waals surface area contributed by atoms with Crippen molar-refractivity contribution in [3.63, 3.8) is 0 Å². The highest BCUT2D eigenvalue weighted by molar-refractivity contribution is 5.85. The molecule has 0 bridgehead atoms. The van der Waals surface area contributed by atoms with Crippen LogP contribution in [0, 0.1) is 5.92 Å². The van der Waals surface area contributed by atoms with E-state index in [0.717, 1.165) is 94.1 Å². The second-order valence-corrected chi connectivity index (χ2v) is 10.1. The van der Waals surface area contributed by atoms with Crippen LogP contribution in [0.25, 0.3) is 0 Å². The van der Waals surface area contributed by atoms with E-state index in [2.05, 4.69) is 15.3 Å². The largest absolute Gasteiger partial charge is 0.494 e. The van der Waals surface area contributed by atoms with Gasteiger partial charge in [-0.25, -0.2) is 4.98 Å². The normalized spacial score (nSPS) is 13.7. The number of fused-ring (bicyclic) bond motifs is 1. The van der Waals surface area contributed by atoms with Crippen LogP contribution in [0.2, 0.25) is 0 Å². The third kappa shape index (κ3) is 12.4. The molecule has 0 aliphatic heterocycles. The molecule has 4 rings (SSSR count). The maximum Gasteiger partial charge on any atom is 0.225 e. The van der Waals surface area contributed by atoms with Gasteiger partial charge in [0.2, 0.25) is 5.91 Å². The lowest BCUT2D eigenvalue weighted by Crippen LogP contribution is -2.36. The molecule has 1 heterocycles. The highest BCUT2D eigenvalue weighted by Crippen LogP contribution is 2.24. The number of aromatic amines is 1. The Bertz CT molecular complexity index is 1050. The first-order valence-electron chi connectivity index (χ1n) is 14.4. The monoisotopic (exact) mass is 570 g/mol. The first kappa shape index (κ1) is 33.2. The number of hydrogen-bond donors (Lipinski definition) is 2. The summed E-state index contributed by atoms with van der Waals surface area (Å²) < 4.78 is 11.3. The fourth-order valence-electron chi connectivity index (χ4n) is 4.66. The lowest BCUT2D eigenvalue weighted by atomic mass is 9.89. The molecule has 1 aliphatic carbocycles. The maximum atomic E-state index is 12.6. The zero-order valence-electron chi connectivity index (χ0n) is 24.1. The number of para-hydroxylation sites is 2. The van der Waals surface area contributed by atoms with Crippen molar-refractivity contribution < 1.29 is 14.3 Å². The molecule has 0 saturated carbocycles. The Morgan fingerprint density at radius 1 is 0.925 bits per heavy atom. The number of benzene rings is 2. The molecule has 1 aliphatic rings. The van der Waals surface area contributed by atoms with Gasteiger partial charge in [0.25, 0.3) is 0 Å². The second-order valence-electron chi connectivity index (χ2n) is 10.1. The lowest BCUT2D eigenvalue weighted by Gasteiger charge is -2.26. The predicted octanol–water partition coefficient (Wildman–Crippen LogP) is 6.10. The van der Waals surface area contributed by atoms with Crippen LogP contribution < -0.4 is 14.8 Å². The summed E-state index contributed by atoms with van der Waals surface area (Å²) >= 11 is 0. The van der Waals surface area contributed by atoms with Gasteiger partial charge in [0, 0.05) is 31.6 Å². The molecule has 1 aromatic heterocycles. The number of amides is 1. The summed E-state index contributed by atoms with van der Waals surface area (Å²) in [7, 11) is 3.91. The van der Waals surface area contributed by atoms with Gasteiger partial charge in [-0.3, -0.25) is 4.79 Å². The molecule has 2 aromatic carbocycles. The SMILES string of the molecule is CN(CCCCCOc1ccccc1)C(=O)C1CCc2nc[nH]c2C1.CNCCCCCOc1ccccc1.Cl. The molecule has 40 heavy (non-hydrogen) atoms. The van der Waals surface area contributed by atoms with E-state index in [0.29, 0.717) is 0 Å². The van der Waals surface area contributed by atoms with Gasteiger partial charge in [-0.05, 0) is 89.2 Å². The molecular weight excluding hydrogens is 524 g/mol.